The maximum atomic E-state index is 12.8. The molecule has 0 unspecified atom stereocenters. The van der Waals surface area contributed by atoms with Crippen molar-refractivity contribution in [2.75, 3.05) is 6.61 Å². The van der Waals surface area contributed by atoms with Crippen LogP contribution < -0.4 is 5.32 Å². The average Bonchev–Trinajstić information content (AvgIpc) is 2.52. The van der Waals surface area contributed by atoms with Gasteiger partial charge in [-0.25, -0.2) is 4.79 Å². The first kappa shape index (κ1) is 22.3. The van der Waals surface area contributed by atoms with Crippen molar-refractivity contribution in [2.24, 2.45) is 0 Å². The van der Waals surface area contributed by atoms with Crippen LogP contribution >= 0.6 is 0 Å². The second kappa shape index (κ2) is 8.27. The van der Waals surface area contributed by atoms with Gasteiger partial charge in [0.05, 0.1) is 24.2 Å². The molecule has 1 aromatic rings. The molecule has 0 heterocycles. The van der Waals surface area contributed by atoms with E-state index in [9.17, 15) is 40.7 Å². The molecule has 12 heteroatoms. The SMILES string of the molecule is CCOC(=O)C[C@@H](NC(=O)c1cc(C(F)(F)F)cc(C(F)(F)F)c1)C(=O)O. The lowest BCUT2D eigenvalue weighted by molar-refractivity contribution is -0.149. The van der Waals surface area contributed by atoms with E-state index in [0.717, 1.165) is 0 Å². The standard InChI is InChI=1S/C15H13F6NO5/c1-2-27-11(23)6-10(13(25)26)22-12(24)7-3-8(14(16,17)18)5-9(4-7)15(19,20)21/h3-5,10H,2,6H2,1H3,(H,22,24)(H,25,26)/t10-/m1/s1. The van der Waals surface area contributed by atoms with Gasteiger partial charge >= 0.3 is 24.3 Å². The Kier molecular flexibility index (Phi) is 6.81. The zero-order valence-corrected chi connectivity index (χ0v) is 13.6. The summed E-state index contributed by atoms with van der Waals surface area (Å²) in [5.74, 6) is -4.27. The minimum absolute atomic E-state index is 0.0955. The van der Waals surface area contributed by atoms with Gasteiger partial charge in [-0.15, -0.1) is 0 Å². The molecule has 0 aromatic heterocycles. The molecule has 0 saturated heterocycles. The first-order chi connectivity index (χ1) is 12.3. The number of nitrogens with one attached hydrogen (secondary N) is 1. The Bertz CT molecular complexity index is 696. The summed E-state index contributed by atoms with van der Waals surface area (Å²) in [5, 5.41) is 10.7. The van der Waals surface area contributed by atoms with Gasteiger partial charge in [-0.3, -0.25) is 9.59 Å². The molecule has 0 saturated carbocycles. The van der Waals surface area contributed by atoms with Crippen molar-refractivity contribution in [3.63, 3.8) is 0 Å². The fraction of sp³-hybridized carbons (Fsp3) is 0.400. The average molecular weight is 401 g/mol. The van der Waals surface area contributed by atoms with Gasteiger partial charge in [-0.05, 0) is 25.1 Å². The van der Waals surface area contributed by atoms with Gasteiger partial charge in [0, 0.05) is 5.56 Å². The van der Waals surface area contributed by atoms with E-state index in [0.29, 0.717) is 0 Å². The van der Waals surface area contributed by atoms with Crippen molar-refractivity contribution in [3.05, 3.63) is 34.9 Å². The number of alkyl halides is 6. The van der Waals surface area contributed by atoms with E-state index in [1.54, 1.807) is 5.32 Å². The minimum Gasteiger partial charge on any atom is -0.480 e. The van der Waals surface area contributed by atoms with Crippen molar-refractivity contribution in [1.29, 1.82) is 0 Å². The molecule has 0 bridgehead atoms. The molecule has 6 nitrogen and oxygen atoms in total. The second-order valence-corrected chi connectivity index (χ2v) is 5.17. The summed E-state index contributed by atoms with van der Waals surface area (Å²) in [6.07, 6.45) is -11.2. The van der Waals surface area contributed by atoms with Crippen LogP contribution in [0.15, 0.2) is 18.2 Å². The number of rotatable bonds is 6. The van der Waals surface area contributed by atoms with Crippen molar-refractivity contribution < 1.29 is 50.6 Å². The van der Waals surface area contributed by atoms with Crippen LogP contribution in [0.4, 0.5) is 26.3 Å². The Morgan fingerprint density at radius 2 is 1.52 bits per heavy atom. The van der Waals surface area contributed by atoms with Crippen LogP contribution in [-0.4, -0.2) is 35.6 Å². The molecule has 0 aliphatic heterocycles. The molecular formula is C15H13F6NO5. The Morgan fingerprint density at radius 1 is 1.04 bits per heavy atom. The summed E-state index contributed by atoms with van der Waals surface area (Å²) in [7, 11) is 0. The number of halogens is 6. The molecule has 1 aromatic carbocycles. The van der Waals surface area contributed by atoms with Crippen molar-refractivity contribution in [1.82, 2.24) is 5.32 Å². The maximum absolute atomic E-state index is 12.8. The summed E-state index contributed by atoms with van der Waals surface area (Å²) in [6, 6.07) is -1.79. The van der Waals surface area contributed by atoms with E-state index in [1.165, 1.54) is 6.92 Å². The Labute approximate surface area is 148 Å². The number of benzene rings is 1. The molecule has 0 aliphatic rings. The third kappa shape index (κ3) is 6.46. The molecule has 1 rings (SSSR count). The number of esters is 1. The van der Waals surface area contributed by atoms with E-state index in [-0.39, 0.29) is 24.8 Å². The van der Waals surface area contributed by atoms with Crippen LogP contribution in [0.3, 0.4) is 0 Å². The fourth-order valence-corrected chi connectivity index (χ4v) is 1.91. The second-order valence-electron chi connectivity index (χ2n) is 5.17. The number of carboxylic acids is 1. The largest absolute Gasteiger partial charge is 0.480 e. The third-order valence-corrected chi connectivity index (χ3v) is 3.13. The maximum Gasteiger partial charge on any atom is 0.416 e. The predicted molar refractivity (Wildman–Crippen MR) is 76.6 cm³/mol. The molecule has 1 amide bonds. The Hall–Kier alpha value is -2.79. The number of amides is 1. The molecule has 150 valence electrons. The fourth-order valence-electron chi connectivity index (χ4n) is 1.91. The van der Waals surface area contributed by atoms with Gasteiger partial charge in [0.25, 0.3) is 5.91 Å². The van der Waals surface area contributed by atoms with Gasteiger partial charge < -0.3 is 15.2 Å². The van der Waals surface area contributed by atoms with Gasteiger partial charge in [0.15, 0.2) is 0 Å². The highest BCUT2D eigenvalue weighted by Crippen LogP contribution is 2.36. The number of ether oxygens (including phenoxy) is 1. The van der Waals surface area contributed by atoms with Gasteiger partial charge in [-0.2, -0.15) is 26.3 Å². The molecule has 0 aliphatic carbocycles. The summed E-state index contributed by atoms with van der Waals surface area (Å²) in [6.45, 7) is 1.33. The van der Waals surface area contributed by atoms with Crippen LogP contribution in [0.1, 0.15) is 34.8 Å². The number of carbonyl (C=O) groups is 3. The summed E-state index contributed by atoms with van der Waals surface area (Å²) < 4.78 is 81.2. The van der Waals surface area contributed by atoms with Crippen molar-refractivity contribution in [3.8, 4) is 0 Å². The van der Waals surface area contributed by atoms with E-state index in [2.05, 4.69) is 4.74 Å². The monoisotopic (exact) mass is 401 g/mol. The first-order valence-electron chi connectivity index (χ1n) is 7.24. The lowest BCUT2D eigenvalue weighted by atomic mass is 10.0. The van der Waals surface area contributed by atoms with Crippen LogP contribution in [0.2, 0.25) is 0 Å². The molecule has 0 radical (unpaired) electrons. The van der Waals surface area contributed by atoms with Gasteiger partial charge in [-0.1, -0.05) is 0 Å². The molecule has 0 spiro atoms. The van der Waals surface area contributed by atoms with Crippen LogP contribution in [0.5, 0.6) is 0 Å². The van der Waals surface area contributed by atoms with E-state index in [1.807, 2.05) is 0 Å². The highest BCUT2D eigenvalue weighted by atomic mass is 19.4. The minimum atomic E-state index is -5.17. The number of aliphatic carboxylic acids is 1. The normalized spacial score (nSPS) is 13.0. The number of carboxylic acid groups (broad SMARTS) is 1. The Balaban J connectivity index is 3.20. The number of hydrogen-bond donors (Lipinski definition) is 2. The summed E-state index contributed by atoms with van der Waals surface area (Å²) >= 11 is 0. The molecule has 2 N–H and O–H groups in total. The van der Waals surface area contributed by atoms with E-state index >= 15 is 0 Å². The van der Waals surface area contributed by atoms with Crippen molar-refractivity contribution >= 4 is 17.8 Å². The number of hydrogen-bond acceptors (Lipinski definition) is 4. The van der Waals surface area contributed by atoms with Crippen molar-refractivity contribution in [2.45, 2.75) is 31.7 Å². The molecule has 0 fully saturated rings. The topological polar surface area (TPSA) is 92.7 Å². The zero-order chi connectivity index (χ0) is 21.0. The Morgan fingerprint density at radius 3 is 1.89 bits per heavy atom. The lowest BCUT2D eigenvalue weighted by Crippen LogP contribution is -2.42. The first-order valence-corrected chi connectivity index (χ1v) is 7.24. The lowest BCUT2D eigenvalue weighted by Gasteiger charge is -2.16. The van der Waals surface area contributed by atoms with Crippen LogP contribution in [0, 0.1) is 0 Å². The van der Waals surface area contributed by atoms with E-state index < -0.39 is 59.4 Å². The highest BCUT2D eigenvalue weighted by Gasteiger charge is 2.38. The molecule has 1 atom stereocenters. The zero-order valence-electron chi connectivity index (χ0n) is 13.6. The van der Waals surface area contributed by atoms with Crippen LogP contribution in [-0.2, 0) is 26.7 Å². The quantitative estimate of drug-likeness (QED) is 0.565. The predicted octanol–water partition coefficient (Wildman–Crippen LogP) is 2.86. The molecule has 27 heavy (non-hydrogen) atoms. The summed E-state index contributed by atoms with van der Waals surface area (Å²) in [4.78, 5) is 34.4. The number of carbonyl (C=O) groups excluding carboxylic acids is 2. The van der Waals surface area contributed by atoms with Gasteiger partial charge in [0.2, 0.25) is 0 Å². The summed E-state index contributed by atoms with van der Waals surface area (Å²) in [5.41, 5.74) is -4.54. The molecular weight excluding hydrogens is 388 g/mol. The highest BCUT2D eigenvalue weighted by molar-refractivity contribution is 5.97. The van der Waals surface area contributed by atoms with E-state index in [4.69, 9.17) is 5.11 Å². The van der Waals surface area contributed by atoms with Crippen LogP contribution in [0.25, 0.3) is 0 Å². The smallest absolute Gasteiger partial charge is 0.416 e. The third-order valence-electron chi connectivity index (χ3n) is 3.13. The van der Waals surface area contributed by atoms with Gasteiger partial charge in [0.1, 0.15) is 6.04 Å².